The van der Waals surface area contributed by atoms with Crippen LogP contribution < -0.4 is 0 Å². The zero-order valence-electron chi connectivity index (χ0n) is 16.9. The van der Waals surface area contributed by atoms with Crippen molar-refractivity contribution < 1.29 is 9.21 Å². The van der Waals surface area contributed by atoms with Gasteiger partial charge in [-0.2, -0.15) is 0 Å². The monoisotopic (exact) mass is 483 g/mol. The molecule has 0 spiro atoms. The number of thioether (sulfide) groups is 1. The first kappa shape index (κ1) is 22.4. The lowest BCUT2D eigenvalue weighted by atomic mass is 10.2. The van der Waals surface area contributed by atoms with Gasteiger partial charge in [0.15, 0.2) is 10.9 Å². The van der Waals surface area contributed by atoms with E-state index in [0.29, 0.717) is 34.8 Å². The molecule has 32 heavy (non-hydrogen) atoms. The van der Waals surface area contributed by atoms with Crippen LogP contribution in [-0.4, -0.2) is 20.8 Å². The highest BCUT2D eigenvalue weighted by Gasteiger charge is 2.23. The molecule has 0 radical (unpaired) electrons. The van der Waals surface area contributed by atoms with Gasteiger partial charge < -0.3 is 9.32 Å². The maximum Gasteiger partial charge on any atom is 0.274 e. The van der Waals surface area contributed by atoms with Crippen LogP contribution >= 0.6 is 35.0 Å². The van der Waals surface area contributed by atoms with Crippen LogP contribution in [0.25, 0.3) is 0 Å². The van der Waals surface area contributed by atoms with Gasteiger partial charge in [0.1, 0.15) is 5.76 Å². The second-order valence-corrected chi connectivity index (χ2v) is 8.71. The van der Waals surface area contributed by atoms with Crippen molar-refractivity contribution in [1.29, 1.82) is 0 Å². The molecule has 0 N–H and O–H groups in total. The summed E-state index contributed by atoms with van der Waals surface area (Å²) < 4.78 is 5.46. The van der Waals surface area contributed by atoms with E-state index in [2.05, 4.69) is 9.97 Å². The van der Waals surface area contributed by atoms with Crippen LogP contribution in [-0.2, 0) is 18.8 Å². The van der Waals surface area contributed by atoms with E-state index in [1.54, 1.807) is 17.2 Å². The fourth-order valence-electron chi connectivity index (χ4n) is 3.07. The van der Waals surface area contributed by atoms with Crippen LogP contribution in [0.2, 0.25) is 10.0 Å². The zero-order chi connectivity index (χ0) is 22.3. The maximum atomic E-state index is 13.5. The average Bonchev–Trinajstić information content (AvgIpc) is 3.32. The molecule has 2 heterocycles. The first-order valence-corrected chi connectivity index (χ1v) is 11.6. The Hall–Kier alpha value is -2.80. The molecule has 4 aromatic rings. The first-order valence-electron chi connectivity index (χ1n) is 9.84. The van der Waals surface area contributed by atoms with Gasteiger partial charge in [-0.1, -0.05) is 83.5 Å². The molecule has 5 nitrogen and oxygen atoms in total. The number of carbonyl (C=O) groups excluding carboxylic acids is 1. The minimum atomic E-state index is -0.294. The predicted octanol–water partition coefficient (Wildman–Crippen LogP) is 6.51. The first-order chi connectivity index (χ1) is 15.6. The third-order valence-corrected chi connectivity index (χ3v) is 6.23. The molecule has 0 unspecified atom stereocenters. The Bertz CT molecular complexity index is 1190. The van der Waals surface area contributed by atoms with E-state index in [1.165, 1.54) is 18.0 Å². The van der Waals surface area contributed by atoms with E-state index in [4.69, 9.17) is 27.6 Å². The Balaban J connectivity index is 1.56. The minimum absolute atomic E-state index is 0.158. The summed E-state index contributed by atoms with van der Waals surface area (Å²) >= 11 is 14.0. The summed E-state index contributed by atoms with van der Waals surface area (Å²) in [5, 5.41) is 1.34. The molecular weight excluding hydrogens is 465 g/mol. The van der Waals surface area contributed by atoms with Gasteiger partial charge in [-0.05, 0) is 29.3 Å². The van der Waals surface area contributed by atoms with E-state index in [1.807, 2.05) is 60.7 Å². The third-order valence-electron chi connectivity index (χ3n) is 4.67. The number of benzene rings is 2. The molecule has 0 aliphatic heterocycles. The fraction of sp³-hybridized carbons (Fsp3) is 0.125. The molecule has 4 rings (SSSR count). The summed E-state index contributed by atoms with van der Waals surface area (Å²) in [6, 6.07) is 21.0. The van der Waals surface area contributed by atoms with E-state index >= 15 is 0 Å². The van der Waals surface area contributed by atoms with Crippen molar-refractivity contribution in [2.75, 3.05) is 0 Å². The SMILES string of the molecule is O=C(c1nc(SCc2ccccc2Cl)ncc1Cl)N(Cc1ccccc1)Cc1ccco1. The Morgan fingerprint density at radius 2 is 1.72 bits per heavy atom. The number of aromatic nitrogens is 2. The van der Waals surface area contributed by atoms with Gasteiger partial charge in [-0.3, -0.25) is 4.79 Å². The lowest BCUT2D eigenvalue weighted by Crippen LogP contribution is -2.31. The van der Waals surface area contributed by atoms with E-state index < -0.39 is 0 Å². The molecule has 0 saturated heterocycles. The number of amides is 1. The molecule has 1 amide bonds. The Labute approximate surface area is 200 Å². The summed E-state index contributed by atoms with van der Waals surface area (Å²) in [7, 11) is 0. The quantitative estimate of drug-likeness (QED) is 0.211. The number of hydrogen-bond donors (Lipinski definition) is 0. The molecule has 2 aromatic heterocycles. The molecule has 0 bridgehead atoms. The van der Waals surface area contributed by atoms with Gasteiger partial charge in [0.05, 0.1) is 24.0 Å². The van der Waals surface area contributed by atoms with E-state index in [-0.39, 0.29) is 16.6 Å². The topological polar surface area (TPSA) is 59.2 Å². The number of rotatable bonds is 8. The Kier molecular flexibility index (Phi) is 7.47. The number of hydrogen-bond acceptors (Lipinski definition) is 5. The van der Waals surface area contributed by atoms with Crippen LogP contribution in [0, 0.1) is 0 Å². The molecule has 0 saturated carbocycles. The molecule has 0 aliphatic carbocycles. The molecule has 2 aromatic carbocycles. The summed E-state index contributed by atoms with van der Waals surface area (Å²) in [6.45, 7) is 0.686. The molecule has 162 valence electrons. The zero-order valence-corrected chi connectivity index (χ0v) is 19.3. The van der Waals surface area contributed by atoms with Gasteiger partial charge in [0.2, 0.25) is 0 Å². The smallest absolute Gasteiger partial charge is 0.274 e. The van der Waals surface area contributed by atoms with E-state index in [9.17, 15) is 4.79 Å². The molecular formula is C24H19Cl2N3O2S. The summed E-state index contributed by atoms with van der Waals surface area (Å²) in [4.78, 5) is 23.9. The minimum Gasteiger partial charge on any atom is -0.467 e. The normalized spacial score (nSPS) is 10.8. The summed E-state index contributed by atoms with van der Waals surface area (Å²) in [6.07, 6.45) is 3.05. The fourth-order valence-corrected chi connectivity index (χ4v) is 4.35. The summed E-state index contributed by atoms with van der Waals surface area (Å²) in [5.41, 5.74) is 2.12. The van der Waals surface area contributed by atoms with Crippen molar-refractivity contribution in [3.63, 3.8) is 0 Å². The Morgan fingerprint density at radius 3 is 2.47 bits per heavy atom. The predicted molar refractivity (Wildman–Crippen MR) is 127 cm³/mol. The highest BCUT2D eigenvalue weighted by Crippen LogP contribution is 2.26. The van der Waals surface area contributed by atoms with Gasteiger partial charge >= 0.3 is 0 Å². The molecule has 0 aliphatic rings. The lowest BCUT2D eigenvalue weighted by molar-refractivity contribution is 0.0710. The summed E-state index contributed by atoms with van der Waals surface area (Å²) in [5.74, 6) is 0.958. The Morgan fingerprint density at radius 1 is 0.938 bits per heavy atom. The van der Waals surface area contributed by atoms with Gasteiger partial charge in [-0.25, -0.2) is 9.97 Å². The molecule has 0 atom stereocenters. The van der Waals surface area contributed by atoms with Crippen LogP contribution in [0.3, 0.4) is 0 Å². The third kappa shape index (κ3) is 5.71. The van der Waals surface area contributed by atoms with Crippen LogP contribution in [0.5, 0.6) is 0 Å². The van der Waals surface area contributed by atoms with Crippen molar-refractivity contribution in [3.8, 4) is 0 Å². The highest BCUT2D eigenvalue weighted by atomic mass is 35.5. The largest absolute Gasteiger partial charge is 0.467 e. The lowest BCUT2D eigenvalue weighted by Gasteiger charge is -2.22. The number of furan rings is 1. The van der Waals surface area contributed by atoms with Crippen molar-refractivity contribution in [2.24, 2.45) is 0 Å². The van der Waals surface area contributed by atoms with E-state index in [0.717, 1.165) is 11.1 Å². The average molecular weight is 484 g/mol. The molecule has 0 fully saturated rings. The van der Waals surface area contributed by atoms with Crippen LogP contribution in [0.15, 0.2) is 88.8 Å². The maximum absolute atomic E-state index is 13.5. The van der Waals surface area contributed by atoms with Gasteiger partial charge in [-0.15, -0.1) is 0 Å². The van der Waals surface area contributed by atoms with Crippen molar-refractivity contribution in [1.82, 2.24) is 14.9 Å². The van der Waals surface area contributed by atoms with Crippen molar-refractivity contribution in [2.45, 2.75) is 24.0 Å². The second kappa shape index (κ2) is 10.7. The van der Waals surface area contributed by atoms with Crippen molar-refractivity contribution in [3.05, 3.63) is 112 Å². The number of halogens is 2. The van der Waals surface area contributed by atoms with Crippen LogP contribution in [0.1, 0.15) is 27.4 Å². The van der Waals surface area contributed by atoms with Crippen LogP contribution in [0.4, 0.5) is 0 Å². The second-order valence-electron chi connectivity index (χ2n) is 6.96. The van der Waals surface area contributed by atoms with Gasteiger partial charge in [0.25, 0.3) is 5.91 Å². The highest BCUT2D eigenvalue weighted by molar-refractivity contribution is 7.98. The molecule has 8 heteroatoms. The number of nitrogens with zero attached hydrogens (tertiary/aromatic N) is 3. The van der Waals surface area contributed by atoms with Crippen molar-refractivity contribution >= 4 is 40.9 Å². The van der Waals surface area contributed by atoms with Gasteiger partial charge in [0, 0.05) is 17.3 Å². The number of carbonyl (C=O) groups is 1. The standard InChI is InChI=1S/C24H19Cl2N3O2S/c25-20-11-5-4-9-18(20)16-32-24-27-13-21(26)22(28-24)23(30)29(15-19-10-6-12-31-19)14-17-7-2-1-3-8-17/h1-13H,14-16H2.